The molecule has 0 aromatic heterocycles. The molecule has 3 atom stereocenters. The van der Waals surface area contributed by atoms with E-state index in [1.807, 2.05) is 61.2 Å². The molecule has 126 valence electrons. The fourth-order valence-electron chi connectivity index (χ4n) is 3.69. The highest BCUT2D eigenvalue weighted by atomic mass is 16.3. The Morgan fingerprint density at radius 3 is 2.50 bits per heavy atom. The lowest BCUT2D eigenvalue weighted by Crippen LogP contribution is -2.32. The number of hydrogen-bond donors (Lipinski definition) is 1. The van der Waals surface area contributed by atoms with Crippen molar-refractivity contribution >= 4 is 5.91 Å². The molecule has 1 fully saturated rings. The standard InChI is InChI=1S/C21H25NO2/c1-14-9-10-18(15(2)13-14)20(23)19-11-12-22(21(19)24)16(3)17-7-5-4-6-8-17/h4-10,13,16,19-20,23H,11-12H2,1-3H3/t16-,19?,20-/m0/s1. The molecule has 1 aliphatic rings. The normalized spacial score (nSPS) is 20.2. The van der Waals surface area contributed by atoms with Gasteiger partial charge in [0.15, 0.2) is 0 Å². The number of aliphatic hydroxyl groups is 1. The minimum atomic E-state index is -0.730. The average Bonchev–Trinajstić information content (AvgIpc) is 2.96. The Kier molecular flexibility index (Phi) is 4.72. The van der Waals surface area contributed by atoms with Gasteiger partial charge in [0.25, 0.3) is 0 Å². The predicted octanol–water partition coefficient (Wildman–Crippen LogP) is 3.95. The number of aryl methyl sites for hydroxylation is 2. The van der Waals surface area contributed by atoms with Gasteiger partial charge in [-0.2, -0.15) is 0 Å². The Balaban J connectivity index is 1.78. The maximum Gasteiger partial charge on any atom is 0.229 e. The van der Waals surface area contributed by atoms with Crippen LogP contribution >= 0.6 is 0 Å². The smallest absolute Gasteiger partial charge is 0.229 e. The molecule has 1 heterocycles. The Labute approximate surface area is 143 Å². The van der Waals surface area contributed by atoms with Gasteiger partial charge in [0.1, 0.15) is 0 Å². The van der Waals surface area contributed by atoms with Crippen molar-refractivity contribution in [2.75, 3.05) is 6.54 Å². The van der Waals surface area contributed by atoms with Crippen molar-refractivity contribution in [2.24, 2.45) is 5.92 Å². The molecule has 0 radical (unpaired) electrons. The summed E-state index contributed by atoms with van der Waals surface area (Å²) in [6.07, 6.45) is -0.0316. The van der Waals surface area contributed by atoms with E-state index < -0.39 is 6.10 Å². The van der Waals surface area contributed by atoms with Crippen molar-refractivity contribution in [3.63, 3.8) is 0 Å². The molecular weight excluding hydrogens is 298 g/mol. The van der Waals surface area contributed by atoms with Crippen molar-refractivity contribution in [1.82, 2.24) is 4.90 Å². The number of carbonyl (C=O) groups is 1. The van der Waals surface area contributed by atoms with Crippen LogP contribution in [0.2, 0.25) is 0 Å². The molecule has 0 saturated carbocycles. The number of rotatable bonds is 4. The number of benzene rings is 2. The Bertz CT molecular complexity index is 726. The van der Waals surface area contributed by atoms with Crippen LogP contribution in [0.25, 0.3) is 0 Å². The van der Waals surface area contributed by atoms with Crippen LogP contribution < -0.4 is 0 Å². The van der Waals surface area contributed by atoms with E-state index in [0.29, 0.717) is 13.0 Å². The van der Waals surface area contributed by atoms with Crippen LogP contribution in [0.15, 0.2) is 48.5 Å². The maximum atomic E-state index is 12.9. The molecule has 0 spiro atoms. The molecule has 0 aliphatic carbocycles. The topological polar surface area (TPSA) is 40.5 Å². The highest BCUT2D eigenvalue weighted by molar-refractivity contribution is 5.82. The lowest BCUT2D eigenvalue weighted by Gasteiger charge is -2.26. The van der Waals surface area contributed by atoms with Crippen molar-refractivity contribution < 1.29 is 9.90 Å². The van der Waals surface area contributed by atoms with Gasteiger partial charge in [0.2, 0.25) is 5.91 Å². The van der Waals surface area contributed by atoms with Crippen LogP contribution in [-0.2, 0) is 4.79 Å². The lowest BCUT2D eigenvalue weighted by molar-refractivity contribution is -0.135. The monoisotopic (exact) mass is 323 g/mol. The molecule has 1 saturated heterocycles. The van der Waals surface area contributed by atoms with E-state index in [-0.39, 0.29) is 17.9 Å². The first-order chi connectivity index (χ1) is 11.5. The number of carbonyl (C=O) groups excluding carboxylic acids is 1. The predicted molar refractivity (Wildman–Crippen MR) is 95.6 cm³/mol. The first-order valence-electron chi connectivity index (χ1n) is 8.59. The minimum Gasteiger partial charge on any atom is -0.388 e. The fraction of sp³-hybridized carbons (Fsp3) is 0.381. The second-order valence-electron chi connectivity index (χ2n) is 6.82. The third-order valence-corrected chi connectivity index (χ3v) is 5.16. The molecule has 1 N–H and O–H groups in total. The largest absolute Gasteiger partial charge is 0.388 e. The second kappa shape index (κ2) is 6.78. The zero-order chi connectivity index (χ0) is 17.3. The van der Waals surface area contributed by atoms with Gasteiger partial charge in [-0.05, 0) is 43.9 Å². The molecular formula is C21H25NO2. The van der Waals surface area contributed by atoms with E-state index >= 15 is 0 Å². The third-order valence-electron chi connectivity index (χ3n) is 5.16. The van der Waals surface area contributed by atoms with E-state index in [0.717, 1.165) is 16.7 Å². The maximum absolute atomic E-state index is 12.9. The summed E-state index contributed by atoms with van der Waals surface area (Å²) in [4.78, 5) is 14.8. The van der Waals surface area contributed by atoms with Crippen LogP contribution in [0.3, 0.4) is 0 Å². The van der Waals surface area contributed by atoms with Crippen LogP contribution in [0.5, 0.6) is 0 Å². The summed E-state index contributed by atoms with van der Waals surface area (Å²) < 4.78 is 0. The Morgan fingerprint density at radius 1 is 1.12 bits per heavy atom. The summed E-state index contributed by atoms with van der Waals surface area (Å²) >= 11 is 0. The lowest BCUT2D eigenvalue weighted by atomic mass is 9.91. The average molecular weight is 323 g/mol. The summed E-state index contributed by atoms with van der Waals surface area (Å²) in [6.45, 7) is 6.78. The van der Waals surface area contributed by atoms with Crippen molar-refractivity contribution in [1.29, 1.82) is 0 Å². The SMILES string of the molecule is Cc1ccc([C@H](O)C2CCN([C@@H](C)c3ccccc3)C2=O)c(C)c1. The number of aliphatic hydroxyl groups excluding tert-OH is 1. The molecule has 3 nitrogen and oxygen atoms in total. The summed E-state index contributed by atoms with van der Waals surface area (Å²) in [6, 6.07) is 16.1. The molecule has 0 bridgehead atoms. The minimum absolute atomic E-state index is 0.0371. The van der Waals surface area contributed by atoms with Gasteiger partial charge in [-0.1, -0.05) is 54.1 Å². The first kappa shape index (κ1) is 16.7. The van der Waals surface area contributed by atoms with Gasteiger partial charge in [0, 0.05) is 6.54 Å². The van der Waals surface area contributed by atoms with Crippen LogP contribution in [0.1, 0.15) is 47.7 Å². The van der Waals surface area contributed by atoms with Crippen LogP contribution in [0, 0.1) is 19.8 Å². The van der Waals surface area contributed by atoms with Crippen molar-refractivity contribution in [2.45, 2.75) is 39.3 Å². The van der Waals surface area contributed by atoms with E-state index in [1.54, 1.807) is 0 Å². The molecule has 1 aliphatic heterocycles. The second-order valence-corrected chi connectivity index (χ2v) is 6.82. The molecule has 3 heteroatoms. The van der Waals surface area contributed by atoms with E-state index in [4.69, 9.17) is 0 Å². The van der Waals surface area contributed by atoms with Gasteiger partial charge < -0.3 is 10.0 Å². The molecule has 2 aromatic carbocycles. The number of likely N-dealkylation sites (tertiary alicyclic amines) is 1. The van der Waals surface area contributed by atoms with Gasteiger partial charge in [-0.3, -0.25) is 4.79 Å². The molecule has 24 heavy (non-hydrogen) atoms. The van der Waals surface area contributed by atoms with E-state index in [2.05, 4.69) is 13.0 Å². The van der Waals surface area contributed by atoms with Gasteiger partial charge in [-0.15, -0.1) is 0 Å². The van der Waals surface area contributed by atoms with E-state index in [9.17, 15) is 9.90 Å². The van der Waals surface area contributed by atoms with E-state index in [1.165, 1.54) is 5.56 Å². The zero-order valence-electron chi connectivity index (χ0n) is 14.6. The summed E-state index contributed by atoms with van der Waals surface area (Å²) in [5, 5.41) is 10.8. The molecule has 1 unspecified atom stereocenters. The highest BCUT2D eigenvalue weighted by Gasteiger charge is 2.39. The number of hydrogen-bond acceptors (Lipinski definition) is 2. The van der Waals surface area contributed by atoms with Crippen molar-refractivity contribution in [3.8, 4) is 0 Å². The molecule has 3 rings (SSSR count). The van der Waals surface area contributed by atoms with Crippen molar-refractivity contribution in [3.05, 3.63) is 70.8 Å². The quantitative estimate of drug-likeness (QED) is 0.925. The summed E-state index contributed by atoms with van der Waals surface area (Å²) in [5.74, 6) is -0.295. The van der Waals surface area contributed by atoms with Gasteiger partial charge >= 0.3 is 0 Å². The fourth-order valence-corrected chi connectivity index (χ4v) is 3.69. The Morgan fingerprint density at radius 2 is 1.83 bits per heavy atom. The van der Waals surface area contributed by atoms with Gasteiger partial charge in [0.05, 0.1) is 18.1 Å². The summed E-state index contributed by atoms with van der Waals surface area (Å²) in [5.41, 5.74) is 4.21. The van der Waals surface area contributed by atoms with Gasteiger partial charge in [-0.25, -0.2) is 0 Å². The number of nitrogens with zero attached hydrogens (tertiary/aromatic N) is 1. The molecule has 1 amide bonds. The zero-order valence-corrected chi connectivity index (χ0v) is 14.6. The van der Waals surface area contributed by atoms with Crippen LogP contribution in [-0.4, -0.2) is 22.5 Å². The number of amides is 1. The Hall–Kier alpha value is -2.13. The summed E-state index contributed by atoms with van der Waals surface area (Å²) in [7, 11) is 0. The highest BCUT2D eigenvalue weighted by Crippen LogP contribution is 2.36. The molecule has 2 aromatic rings. The first-order valence-corrected chi connectivity index (χ1v) is 8.59. The third kappa shape index (κ3) is 3.09. The van der Waals surface area contributed by atoms with Crippen LogP contribution in [0.4, 0.5) is 0 Å².